The first-order valence-corrected chi connectivity index (χ1v) is 7.84. The lowest BCUT2D eigenvalue weighted by Crippen LogP contribution is -2.25. The second-order valence-electron chi connectivity index (χ2n) is 5.00. The number of hydrogen-bond donors (Lipinski definition) is 2. The van der Waals surface area contributed by atoms with Crippen molar-refractivity contribution < 1.29 is 4.79 Å². The Labute approximate surface area is 145 Å². The molecule has 5 heteroatoms. The lowest BCUT2D eigenvalue weighted by molar-refractivity contribution is 0.0952. The van der Waals surface area contributed by atoms with Crippen LogP contribution in [0.15, 0.2) is 66.9 Å². The maximum Gasteiger partial charge on any atom is 0.270 e. The third-order valence-corrected chi connectivity index (χ3v) is 3.67. The number of carbonyl (C=O) groups is 1. The number of aromatic nitrogens is 2. The lowest BCUT2D eigenvalue weighted by Gasteiger charge is -2.07. The van der Waals surface area contributed by atoms with Crippen LogP contribution in [0.5, 0.6) is 0 Å². The summed E-state index contributed by atoms with van der Waals surface area (Å²) in [5, 5.41) is 2.79. The van der Waals surface area contributed by atoms with E-state index in [1.165, 1.54) is 0 Å². The van der Waals surface area contributed by atoms with E-state index in [0.717, 1.165) is 11.3 Å². The zero-order chi connectivity index (χ0) is 16.8. The predicted molar refractivity (Wildman–Crippen MR) is 96.6 cm³/mol. The van der Waals surface area contributed by atoms with Gasteiger partial charge in [-0.05, 0) is 36.5 Å². The fourth-order valence-corrected chi connectivity index (χ4v) is 2.51. The molecule has 3 rings (SSSR count). The van der Waals surface area contributed by atoms with Gasteiger partial charge in [-0.25, -0.2) is 0 Å². The Morgan fingerprint density at radius 2 is 1.75 bits per heavy atom. The molecule has 1 heterocycles. The Hall–Kier alpha value is -3.10. The van der Waals surface area contributed by atoms with Crippen molar-refractivity contribution in [1.29, 1.82) is 0 Å². The fraction of sp³-hybridized carbons (Fsp3) is 0.0526. The summed E-state index contributed by atoms with van der Waals surface area (Å²) in [5.41, 5.74) is 2.21. The first-order chi connectivity index (χ1) is 11.8. The minimum absolute atomic E-state index is 0.228. The largest absolute Gasteiger partial charge is 0.340 e. The number of carbonyl (C=O) groups excluding carboxylic acids is 1. The summed E-state index contributed by atoms with van der Waals surface area (Å²) in [6.07, 6.45) is 1.61. The summed E-state index contributed by atoms with van der Waals surface area (Å²) in [6.45, 7) is 0.264. The van der Waals surface area contributed by atoms with Gasteiger partial charge in [0.05, 0.1) is 6.54 Å². The first-order valence-electron chi connectivity index (χ1n) is 7.43. The monoisotopic (exact) mass is 333 g/mol. The molecule has 0 saturated heterocycles. The number of para-hydroxylation sites is 1. The molecule has 4 nitrogen and oxygen atoms in total. The van der Waals surface area contributed by atoms with E-state index in [0.29, 0.717) is 10.5 Å². The highest BCUT2D eigenvalue weighted by atomic mass is 32.1. The fourth-order valence-electron chi connectivity index (χ4n) is 2.25. The van der Waals surface area contributed by atoms with E-state index in [9.17, 15) is 4.79 Å². The quantitative estimate of drug-likeness (QED) is 0.571. The number of hydrogen-bond acceptors (Lipinski definition) is 2. The number of nitrogens with one attached hydrogen (secondary N) is 2. The van der Waals surface area contributed by atoms with Gasteiger partial charge in [0.1, 0.15) is 5.69 Å². The number of nitrogens with zero attached hydrogens (tertiary/aromatic N) is 1. The SMILES string of the molecule is O=C(NCC#Cc1ccccc1)c1c[nH]c(=S)n1-c1ccccc1. The number of benzene rings is 2. The highest BCUT2D eigenvalue weighted by molar-refractivity contribution is 7.71. The maximum absolute atomic E-state index is 12.4. The van der Waals surface area contributed by atoms with Crippen molar-refractivity contribution in [3.63, 3.8) is 0 Å². The average Bonchev–Trinajstić information content (AvgIpc) is 3.02. The van der Waals surface area contributed by atoms with Gasteiger partial charge in [0.25, 0.3) is 5.91 Å². The van der Waals surface area contributed by atoms with Crippen LogP contribution in [0.3, 0.4) is 0 Å². The first kappa shape index (κ1) is 15.8. The van der Waals surface area contributed by atoms with E-state index in [2.05, 4.69) is 22.1 Å². The molecule has 0 bridgehead atoms. The maximum atomic E-state index is 12.4. The van der Waals surface area contributed by atoms with Gasteiger partial charge < -0.3 is 10.3 Å². The van der Waals surface area contributed by atoms with E-state index in [-0.39, 0.29) is 12.5 Å². The third-order valence-electron chi connectivity index (χ3n) is 3.37. The van der Waals surface area contributed by atoms with E-state index >= 15 is 0 Å². The standard InChI is InChI=1S/C19H15N3OS/c23-18(20-13-7-10-15-8-3-1-4-9-15)17-14-21-19(24)22(17)16-11-5-2-6-12-16/h1-6,8-9,11-12,14H,13H2,(H,20,23)(H,21,24). The van der Waals surface area contributed by atoms with Crippen molar-refractivity contribution in [2.24, 2.45) is 0 Å². The Balaban J connectivity index is 1.73. The minimum Gasteiger partial charge on any atom is -0.340 e. The van der Waals surface area contributed by atoms with Crippen molar-refractivity contribution in [3.8, 4) is 17.5 Å². The smallest absolute Gasteiger partial charge is 0.270 e. The van der Waals surface area contributed by atoms with Crippen LogP contribution < -0.4 is 5.32 Å². The van der Waals surface area contributed by atoms with Crippen molar-refractivity contribution in [2.75, 3.05) is 6.54 Å². The van der Waals surface area contributed by atoms with Crippen LogP contribution in [0.25, 0.3) is 5.69 Å². The molecule has 0 atom stereocenters. The molecule has 24 heavy (non-hydrogen) atoms. The summed E-state index contributed by atoms with van der Waals surface area (Å²) in [7, 11) is 0. The van der Waals surface area contributed by atoms with Crippen LogP contribution >= 0.6 is 12.2 Å². The van der Waals surface area contributed by atoms with Gasteiger partial charge in [-0.1, -0.05) is 48.2 Å². The van der Waals surface area contributed by atoms with Crippen molar-refractivity contribution in [2.45, 2.75) is 0 Å². The van der Waals surface area contributed by atoms with Crippen molar-refractivity contribution in [3.05, 3.63) is 82.9 Å². The molecule has 1 amide bonds. The van der Waals surface area contributed by atoms with Gasteiger partial charge >= 0.3 is 0 Å². The van der Waals surface area contributed by atoms with Gasteiger partial charge in [-0.3, -0.25) is 9.36 Å². The summed E-state index contributed by atoms with van der Waals surface area (Å²) in [4.78, 5) is 15.3. The second-order valence-corrected chi connectivity index (χ2v) is 5.39. The van der Waals surface area contributed by atoms with Crippen LogP contribution in [0, 0.1) is 16.6 Å². The molecule has 0 unspecified atom stereocenters. The Morgan fingerprint density at radius 3 is 2.46 bits per heavy atom. The van der Waals surface area contributed by atoms with Crippen LogP contribution in [-0.2, 0) is 0 Å². The van der Waals surface area contributed by atoms with Gasteiger partial charge in [-0.2, -0.15) is 0 Å². The number of imidazole rings is 1. The summed E-state index contributed by atoms with van der Waals surface area (Å²) >= 11 is 5.27. The number of H-pyrrole nitrogens is 1. The Morgan fingerprint density at radius 1 is 1.08 bits per heavy atom. The topological polar surface area (TPSA) is 49.8 Å². The molecule has 0 spiro atoms. The van der Waals surface area contributed by atoms with E-state index in [4.69, 9.17) is 12.2 Å². The molecule has 0 saturated carbocycles. The van der Waals surface area contributed by atoms with E-state index in [1.807, 2.05) is 60.7 Å². The molecule has 3 aromatic rings. The molecule has 0 aliphatic carbocycles. The number of aromatic amines is 1. The van der Waals surface area contributed by atoms with E-state index in [1.54, 1.807) is 10.8 Å². The van der Waals surface area contributed by atoms with Gasteiger partial charge in [0.2, 0.25) is 0 Å². The molecule has 0 radical (unpaired) electrons. The second kappa shape index (κ2) is 7.44. The molecule has 0 aliphatic heterocycles. The lowest BCUT2D eigenvalue weighted by atomic mass is 10.2. The van der Waals surface area contributed by atoms with Crippen molar-refractivity contribution >= 4 is 18.1 Å². The van der Waals surface area contributed by atoms with Gasteiger partial charge in [-0.15, -0.1) is 0 Å². The molecule has 118 valence electrons. The van der Waals surface area contributed by atoms with Crippen LogP contribution in [0.1, 0.15) is 16.1 Å². The van der Waals surface area contributed by atoms with Crippen LogP contribution in [0.4, 0.5) is 0 Å². The summed E-state index contributed by atoms with van der Waals surface area (Å²) < 4.78 is 2.18. The Bertz CT molecular complexity index is 947. The van der Waals surface area contributed by atoms with Gasteiger partial charge in [0.15, 0.2) is 4.77 Å². The molecular formula is C19H15N3OS. The minimum atomic E-state index is -0.228. The molecule has 0 aliphatic rings. The zero-order valence-corrected chi connectivity index (χ0v) is 13.6. The normalized spacial score (nSPS) is 9.83. The zero-order valence-electron chi connectivity index (χ0n) is 12.8. The highest BCUT2D eigenvalue weighted by Gasteiger charge is 2.13. The highest BCUT2D eigenvalue weighted by Crippen LogP contribution is 2.12. The van der Waals surface area contributed by atoms with Crippen LogP contribution in [0.2, 0.25) is 0 Å². The molecular weight excluding hydrogens is 318 g/mol. The summed E-state index contributed by atoms with van der Waals surface area (Å²) in [5.74, 6) is 5.72. The summed E-state index contributed by atoms with van der Waals surface area (Å²) in [6, 6.07) is 19.2. The van der Waals surface area contributed by atoms with E-state index < -0.39 is 0 Å². The molecule has 2 N–H and O–H groups in total. The molecule has 1 aromatic heterocycles. The molecule has 0 fully saturated rings. The van der Waals surface area contributed by atoms with Crippen LogP contribution in [-0.4, -0.2) is 22.0 Å². The van der Waals surface area contributed by atoms with Gasteiger partial charge in [0, 0.05) is 17.4 Å². The predicted octanol–water partition coefficient (Wildman–Crippen LogP) is 3.32. The van der Waals surface area contributed by atoms with Crippen molar-refractivity contribution in [1.82, 2.24) is 14.9 Å². The average molecular weight is 333 g/mol. The third kappa shape index (κ3) is 3.62. The number of amides is 1. The number of rotatable bonds is 3. The molecule has 2 aromatic carbocycles. The Kier molecular flexibility index (Phi) is 4.90.